The number of aromatic nitrogens is 2. The Kier molecular flexibility index (Phi) is 11.1. The largest absolute Gasteiger partial charge is 0.339 e. The van der Waals surface area contributed by atoms with E-state index in [1.165, 1.54) is 25.5 Å². The van der Waals surface area contributed by atoms with Crippen LogP contribution in [0.15, 0.2) is 47.4 Å². The standard InChI is InChI=1S/C33H49N5O3S/c1-25(2)16-22-37(23-17-26(3)4)32(39)27-10-15-30-31(24-27)38(21-9-20-36-18-7-6-8-19-36)33(35-30)34-28-11-13-29(14-12-28)42(5,40)41/h10-15,24-26H,6-9,16-23H2,1-5H3,(H,34,35). The van der Waals surface area contributed by atoms with Crippen LogP contribution in [0, 0.1) is 11.8 Å². The van der Waals surface area contributed by atoms with Gasteiger partial charge in [-0.25, -0.2) is 13.4 Å². The van der Waals surface area contributed by atoms with Crippen molar-refractivity contribution in [3.05, 3.63) is 48.0 Å². The number of carbonyl (C=O) groups is 1. The molecule has 1 saturated heterocycles. The number of carbonyl (C=O) groups excluding carboxylic acids is 1. The Bertz CT molecular complexity index is 1410. The average Bonchev–Trinajstić information content (AvgIpc) is 3.29. The summed E-state index contributed by atoms with van der Waals surface area (Å²) in [7, 11) is -3.27. The van der Waals surface area contributed by atoms with Gasteiger partial charge in [-0.1, -0.05) is 34.1 Å². The van der Waals surface area contributed by atoms with E-state index in [2.05, 4.69) is 42.5 Å². The number of nitrogens with zero attached hydrogens (tertiary/aromatic N) is 4. The third-order valence-electron chi connectivity index (χ3n) is 8.08. The van der Waals surface area contributed by atoms with Gasteiger partial charge in [0.15, 0.2) is 9.84 Å². The fraction of sp³-hybridized carbons (Fsp3) is 0.576. The number of nitrogens with one attached hydrogen (secondary N) is 1. The molecular weight excluding hydrogens is 546 g/mol. The van der Waals surface area contributed by atoms with Crippen LogP contribution in [0.25, 0.3) is 11.0 Å². The molecule has 1 aliphatic heterocycles. The Morgan fingerprint density at radius 1 is 0.929 bits per heavy atom. The topological polar surface area (TPSA) is 87.5 Å². The molecule has 4 rings (SSSR count). The molecule has 0 bridgehead atoms. The Hall–Kier alpha value is -2.91. The van der Waals surface area contributed by atoms with Gasteiger partial charge in [-0.15, -0.1) is 0 Å². The number of fused-ring (bicyclic) bond motifs is 1. The Balaban J connectivity index is 1.63. The molecule has 2 aromatic carbocycles. The summed E-state index contributed by atoms with van der Waals surface area (Å²) in [6, 6.07) is 12.6. The zero-order valence-corrected chi connectivity index (χ0v) is 26.9. The van der Waals surface area contributed by atoms with Crippen LogP contribution in [0.3, 0.4) is 0 Å². The molecular formula is C33H49N5O3S. The first kappa shape index (κ1) is 32.0. The third-order valence-corrected chi connectivity index (χ3v) is 9.21. The summed E-state index contributed by atoms with van der Waals surface area (Å²) in [5.74, 6) is 1.83. The minimum atomic E-state index is -3.27. The highest BCUT2D eigenvalue weighted by Gasteiger charge is 2.20. The quantitative estimate of drug-likeness (QED) is 0.226. The lowest BCUT2D eigenvalue weighted by atomic mass is 10.1. The van der Waals surface area contributed by atoms with Crippen LogP contribution in [0.5, 0.6) is 0 Å². The lowest BCUT2D eigenvalue weighted by Gasteiger charge is -2.26. The van der Waals surface area contributed by atoms with E-state index in [9.17, 15) is 13.2 Å². The molecule has 1 aromatic heterocycles. The minimum absolute atomic E-state index is 0.0742. The second kappa shape index (κ2) is 14.5. The predicted molar refractivity (Wildman–Crippen MR) is 172 cm³/mol. The van der Waals surface area contributed by atoms with Gasteiger partial charge in [-0.3, -0.25) is 4.79 Å². The number of sulfone groups is 1. The van der Waals surface area contributed by atoms with Crippen LogP contribution in [0.4, 0.5) is 11.6 Å². The summed E-state index contributed by atoms with van der Waals surface area (Å²) in [6.07, 6.45) is 7.99. The molecule has 0 spiro atoms. The maximum Gasteiger partial charge on any atom is 0.253 e. The van der Waals surface area contributed by atoms with E-state index < -0.39 is 9.84 Å². The van der Waals surface area contributed by atoms with Crippen LogP contribution in [-0.2, 0) is 16.4 Å². The molecule has 0 aliphatic carbocycles. The van der Waals surface area contributed by atoms with Gasteiger partial charge in [0.05, 0.1) is 15.9 Å². The SMILES string of the molecule is CC(C)CCN(CCC(C)C)C(=O)c1ccc2nc(Nc3ccc(S(C)(=O)=O)cc3)n(CCCN3CCCCC3)c2c1. The number of hydrogen-bond acceptors (Lipinski definition) is 6. The number of amides is 1. The number of likely N-dealkylation sites (tertiary alicyclic amines) is 1. The first-order valence-electron chi connectivity index (χ1n) is 15.6. The van der Waals surface area contributed by atoms with E-state index in [-0.39, 0.29) is 10.8 Å². The van der Waals surface area contributed by atoms with Gasteiger partial charge in [-0.05, 0) is 106 Å². The highest BCUT2D eigenvalue weighted by Crippen LogP contribution is 2.26. The lowest BCUT2D eigenvalue weighted by molar-refractivity contribution is 0.0741. The first-order valence-corrected chi connectivity index (χ1v) is 17.5. The predicted octanol–water partition coefficient (Wildman–Crippen LogP) is 6.59. The van der Waals surface area contributed by atoms with Gasteiger partial charge >= 0.3 is 0 Å². The molecule has 42 heavy (non-hydrogen) atoms. The molecule has 9 heteroatoms. The van der Waals surface area contributed by atoms with Crippen LogP contribution in [0.2, 0.25) is 0 Å². The van der Waals surface area contributed by atoms with Crippen molar-refractivity contribution >= 4 is 38.4 Å². The molecule has 8 nitrogen and oxygen atoms in total. The monoisotopic (exact) mass is 595 g/mol. The summed E-state index contributed by atoms with van der Waals surface area (Å²) < 4.78 is 26.0. The van der Waals surface area contributed by atoms with Gasteiger partial charge in [0.25, 0.3) is 5.91 Å². The molecule has 0 saturated carbocycles. The lowest BCUT2D eigenvalue weighted by Crippen LogP contribution is -2.34. The molecule has 3 aromatic rings. The van der Waals surface area contributed by atoms with Crippen LogP contribution >= 0.6 is 0 Å². The van der Waals surface area contributed by atoms with Crippen molar-refractivity contribution in [3.8, 4) is 0 Å². The molecule has 1 N–H and O–H groups in total. The maximum absolute atomic E-state index is 13.8. The highest BCUT2D eigenvalue weighted by molar-refractivity contribution is 7.90. The van der Waals surface area contributed by atoms with Crippen molar-refractivity contribution in [2.75, 3.05) is 44.3 Å². The fourth-order valence-corrected chi connectivity index (χ4v) is 6.08. The molecule has 0 unspecified atom stereocenters. The van der Waals surface area contributed by atoms with Gasteiger partial charge < -0.3 is 19.7 Å². The smallest absolute Gasteiger partial charge is 0.253 e. The molecule has 1 fully saturated rings. The van der Waals surface area contributed by atoms with E-state index >= 15 is 0 Å². The molecule has 0 radical (unpaired) electrons. The molecule has 1 amide bonds. The summed E-state index contributed by atoms with van der Waals surface area (Å²) in [6.45, 7) is 14.4. The molecule has 1 aliphatic rings. The van der Waals surface area contributed by atoms with Gasteiger partial charge in [0.2, 0.25) is 5.95 Å². The maximum atomic E-state index is 13.8. The number of rotatable bonds is 14. The highest BCUT2D eigenvalue weighted by atomic mass is 32.2. The zero-order chi connectivity index (χ0) is 30.3. The third kappa shape index (κ3) is 8.80. The molecule has 2 heterocycles. The summed E-state index contributed by atoms with van der Waals surface area (Å²) >= 11 is 0. The Labute approximate surface area is 252 Å². The normalized spacial score (nSPS) is 14.6. The Morgan fingerprint density at radius 2 is 1.57 bits per heavy atom. The van der Waals surface area contributed by atoms with E-state index in [1.807, 2.05) is 23.1 Å². The van der Waals surface area contributed by atoms with E-state index in [0.29, 0.717) is 23.3 Å². The molecule has 230 valence electrons. The number of hydrogen-bond donors (Lipinski definition) is 1. The first-order chi connectivity index (χ1) is 20.0. The van der Waals surface area contributed by atoms with Crippen molar-refractivity contribution in [1.29, 1.82) is 0 Å². The van der Waals surface area contributed by atoms with Crippen LogP contribution in [0.1, 0.15) is 76.6 Å². The number of piperidine rings is 1. The average molecular weight is 596 g/mol. The Morgan fingerprint density at radius 3 is 2.17 bits per heavy atom. The second-order valence-electron chi connectivity index (χ2n) is 12.6. The number of imidazole rings is 1. The number of benzene rings is 2. The van der Waals surface area contributed by atoms with Crippen LogP contribution < -0.4 is 5.32 Å². The zero-order valence-electron chi connectivity index (χ0n) is 26.1. The summed E-state index contributed by atoms with van der Waals surface area (Å²) in [5, 5.41) is 3.41. The molecule has 0 atom stereocenters. The van der Waals surface area contributed by atoms with Crippen LogP contribution in [-0.4, -0.2) is 72.7 Å². The van der Waals surface area contributed by atoms with Crippen molar-refractivity contribution in [2.45, 2.75) is 77.7 Å². The fourth-order valence-electron chi connectivity index (χ4n) is 5.45. The van der Waals surface area contributed by atoms with Crippen molar-refractivity contribution in [3.63, 3.8) is 0 Å². The number of aryl methyl sites for hydroxylation is 1. The van der Waals surface area contributed by atoms with Gasteiger partial charge in [0, 0.05) is 37.1 Å². The van der Waals surface area contributed by atoms with E-state index in [1.54, 1.807) is 24.3 Å². The van der Waals surface area contributed by atoms with E-state index in [4.69, 9.17) is 4.98 Å². The number of anilines is 2. The van der Waals surface area contributed by atoms with Crippen molar-refractivity contribution in [2.24, 2.45) is 11.8 Å². The second-order valence-corrected chi connectivity index (χ2v) is 14.6. The van der Waals surface area contributed by atoms with Crippen molar-refractivity contribution in [1.82, 2.24) is 19.4 Å². The summed E-state index contributed by atoms with van der Waals surface area (Å²) in [4.78, 5) is 23.5. The van der Waals surface area contributed by atoms with Gasteiger partial charge in [-0.2, -0.15) is 0 Å². The van der Waals surface area contributed by atoms with Crippen molar-refractivity contribution < 1.29 is 13.2 Å². The van der Waals surface area contributed by atoms with Gasteiger partial charge in [0.1, 0.15) is 0 Å². The minimum Gasteiger partial charge on any atom is -0.339 e. The van der Waals surface area contributed by atoms with E-state index in [0.717, 1.165) is 75.3 Å². The summed E-state index contributed by atoms with van der Waals surface area (Å²) in [5.41, 5.74) is 3.22.